The van der Waals surface area contributed by atoms with Crippen molar-refractivity contribution < 1.29 is 0 Å². The van der Waals surface area contributed by atoms with E-state index in [1.54, 1.807) is 11.3 Å². The van der Waals surface area contributed by atoms with Crippen molar-refractivity contribution in [3.8, 4) is 0 Å². The molecular weight excluding hydrogens is 334 g/mol. The van der Waals surface area contributed by atoms with Crippen molar-refractivity contribution in [1.29, 1.82) is 0 Å². The molecule has 1 aromatic heterocycles. The molecule has 0 aliphatic carbocycles. The maximum absolute atomic E-state index is 5.91. The highest BCUT2D eigenvalue weighted by Gasteiger charge is 1.99. The minimum atomic E-state index is 0.464. The highest BCUT2D eigenvalue weighted by Crippen LogP contribution is 2.22. The van der Waals surface area contributed by atoms with Gasteiger partial charge < -0.3 is 11.1 Å². The Labute approximate surface area is 132 Å². The highest BCUT2D eigenvalue weighted by molar-refractivity contribution is 9.11. The van der Waals surface area contributed by atoms with Crippen molar-refractivity contribution in [3.63, 3.8) is 0 Å². The normalized spacial score (nSPS) is 11.7. The number of nitrogens with zero attached hydrogens (tertiary/aromatic N) is 1. The minimum Gasteiger partial charge on any atom is -0.370 e. The fourth-order valence-electron chi connectivity index (χ4n) is 2.01. The number of aryl methyl sites for hydroxylation is 2. The molecule has 0 aliphatic heterocycles. The van der Waals surface area contributed by atoms with Gasteiger partial charge in [0.15, 0.2) is 5.96 Å². The molecule has 0 saturated heterocycles. The molecular formula is C15H18BrN3S. The van der Waals surface area contributed by atoms with E-state index in [2.05, 4.69) is 70.4 Å². The Morgan fingerprint density at radius 1 is 1.25 bits per heavy atom. The Morgan fingerprint density at radius 2 is 1.95 bits per heavy atom. The molecule has 5 heteroatoms. The summed E-state index contributed by atoms with van der Waals surface area (Å²) in [5.41, 5.74) is 9.32. The van der Waals surface area contributed by atoms with Gasteiger partial charge in [-0.2, -0.15) is 0 Å². The van der Waals surface area contributed by atoms with Gasteiger partial charge in [-0.3, -0.25) is 4.99 Å². The number of nitrogens with two attached hydrogens (primary N) is 1. The molecule has 0 atom stereocenters. The average Bonchev–Trinajstić information content (AvgIpc) is 2.73. The van der Waals surface area contributed by atoms with Crippen molar-refractivity contribution in [3.05, 3.63) is 50.1 Å². The number of thiophene rings is 1. The molecule has 0 unspecified atom stereocenters. The van der Waals surface area contributed by atoms with Crippen LogP contribution in [-0.4, -0.2) is 12.5 Å². The van der Waals surface area contributed by atoms with Crippen LogP contribution in [-0.2, 0) is 6.42 Å². The molecule has 2 aromatic rings. The summed E-state index contributed by atoms with van der Waals surface area (Å²) in [6, 6.07) is 10.4. The van der Waals surface area contributed by atoms with Crippen LogP contribution in [0.25, 0.3) is 0 Å². The molecule has 0 aliphatic rings. The number of halogens is 1. The lowest BCUT2D eigenvalue weighted by Gasteiger charge is -2.07. The molecule has 3 nitrogen and oxygen atoms in total. The Kier molecular flexibility index (Phi) is 5.20. The van der Waals surface area contributed by atoms with Gasteiger partial charge in [-0.15, -0.1) is 11.3 Å². The van der Waals surface area contributed by atoms with Crippen LogP contribution in [0.1, 0.15) is 16.0 Å². The van der Waals surface area contributed by atoms with E-state index in [1.807, 2.05) is 0 Å². The van der Waals surface area contributed by atoms with E-state index in [-0.39, 0.29) is 0 Å². The Hall–Kier alpha value is -1.33. The predicted molar refractivity (Wildman–Crippen MR) is 91.8 cm³/mol. The van der Waals surface area contributed by atoms with E-state index in [0.29, 0.717) is 12.5 Å². The summed E-state index contributed by atoms with van der Waals surface area (Å²) in [5, 5.41) is 3.14. The fraction of sp³-hybridized carbons (Fsp3) is 0.267. The summed E-state index contributed by atoms with van der Waals surface area (Å²) in [4.78, 5) is 5.66. The standard InChI is InChI=1S/C15H18BrN3S/c1-10-7-11(2)9-12(8-10)19-15(17)18-6-5-13-3-4-14(16)20-13/h3-4,7-9H,5-6H2,1-2H3,(H3,17,18,19). The summed E-state index contributed by atoms with van der Waals surface area (Å²) >= 11 is 5.19. The van der Waals surface area contributed by atoms with Crippen LogP contribution in [0.4, 0.5) is 5.69 Å². The summed E-state index contributed by atoms with van der Waals surface area (Å²) in [6.45, 7) is 4.83. The largest absolute Gasteiger partial charge is 0.370 e. The van der Waals surface area contributed by atoms with Crippen molar-refractivity contribution in [2.45, 2.75) is 20.3 Å². The van der Waals surface area contributed by atoms with Gasteiger partial charge in [-0.05, 0) is 65.2 Å². The van der Waals surface area contributed by atoms with E-state index in [4.69, 9.17) is 5.73 Å². The molecule has 0 saturated carbocycles. The van der Waals surface area contributed by atoms with Crippen molar-refractivity contribution in [2.75, 3.05) is 11.9 Å². The highest BCUT2D eigenvalue weighted by atomic mass is 79.9. The number of anilines is 1. The van der Waals surface area contributed by atoms with Gasteiger partial charge in [0, 0.05) is 23.5 Å². The molecule has 20 heavy (non-hydrogen) atoms. The molecule has 0 bridgehead atoms. The van der Waals surface area contributed by atoms with Crippen molar-refractivity contribution in [1.82, 2.24) is 0 Å². The number of hydrogen-bond donors (Lipinski definition) is 2. The van der Waals surface area contributed by atoms with E-state index in [0.717, 1.165) is 15.9 Å². The Bertz CT molecular complexity index is 599. The minimum absolute atomic E-state index is 0.464. The van der Waals surface area contributed by atoms with Crippen molar-refractivity contribution in [2.24, 2.45) is 10.7 Å². The smallest absolute Gasteiger partial charge is 0.193 e. The Balaban J connectivity index is 1.90. The zero-order valence-corrected chi connectivity index (χ0v) is 14.0. The summed E-state index contributed by atoms with van der Waals surface area (Å²) in [6.07, 6.45) is 0.908. The monoisotopic (exact) mass is 351 g/mol. The van der Waals surface area contributed by atoms with Crippen LogP contribution in [0.5, 0.6) is 0 Å². The molecule has 3 N–H and O–H groups in total. The molecule has 1 aromatic carbocycles. The quantitative estimate of drug-likeness (QED) is 0.643. The molecule has 1 heterocycles. The molecule has 2 rings (SSSR count). The van der Waals surface area contributed by atoms with E-state index in [9.17, 15) is 0 Å². The molecule has 0 spiro atoms. The number of guanidine groups is 1. The third-order valence-electron chi connectivity index (χ3n) is 2.76. The first kappa shape index (κ1) is 15.1. The summed E-state index contributed by atoms with van der Waals surface area (Å²) < 4.78 is 1.15. The number of benzene rings is 1. The predicted octanol–water partition coefficient (Wildman–Crippen LogP) is 4.10. The lowest BCUT2D eigenvalue weighted by Crippen LogP contribution is -2.23. The number of rotatable bonds is 4. The van der Waals surface area contributed by atoms with E-state index in [1.165, 1.54) is 16.0 Å². The fourth-order valence-corrected chi connectivity index (χ4v) is 3.48. The summed E-state index contributed by atoms with van der Waals surface area (Å²) in [7, 11) is 0. The second kappa shape index (κ2) is 6.90. The first-order valence-electron chi connectivity index (χ1n) is 6.42. The number of aliphatic imine (C=N–C) groups is 1. The molecule has 0 amide bonds. The van der Waals surface area contributed by atoms with Crippen LogP contribution < -0.4 is 11.1 Å². The SMILES string of the molecule is Cc1cc(C)cc(NC(N)=NCCc2ccc(Br)s2)c1. The van der Waals surface area contributed by atoms with E-state index < -0.39 is 0 Å². The Morgan fingerprint density at radius 3 is 2.55 bits per heavy atom. The first-order valence-corrected chi connectivity index (χ1v) is 8.03. The van der Waals surface area contributed by atoms with Gasteiger partial charge in [-0.1, -0.05) is 6.07 Å². The second-order valence-electron chi connectivity index (χ2n) is 4.72. The van der Waals surface area contributed by atoms with E-state index >= 15 is 0 Å². The lowest BCUT2D eigenvalue weighted by molar-refractivity contribution is 0.983. The zero-order chi connectivity index (χ0) is 14.5. The van der Waals surface area contributed by atoms with Gasteiger partial charge in [0.1, 0.15) is 0 Å². The third-order valence-corrected chi connectivity index (χ3v) is 4.45. The second-order valence-corrected chi connectivity index (χ2v) is 7.27. The van der Waals surface area contributed by atoms with Gasteiger partial charge in [0.05, 0.1) is 3.79 Å². The van der Waals surface area contributed by atoms with Gasteiger partial charge in [-0.25, -0.2) is 0 Å². The summed E-state index contributed by atoms with van der Waals surface area (Å²) in [5.74, 6) is 0.464. The topological polar surface area (TPSA) is 50.4 Å². The van der Waals surface area contributed by atoms with Crippen LogP contribution in [0.2, 0.25) is 0 Å². The third kappa shape index (κ3) is 4.65. The lowest BCUT2D eigenvalue weighted by atomic mass is 10.1. The van der Waals surface area contributed by atoms with Gasteiger partial charge in [0.2, 0.25) is 0 Å². The average molecular weight is 352 g/mol. The molecule has 0 radical (unpaired) electrons. The van der Waals surface area contributed by atoms with Crippen LogP contribution in [0, 0.1) is 13.8 Å². The molecule has 0 fully saturated rings. The van der Waals surface area contributed by atoms with Crippen molar-refractivity contribution >= 4 is 38.9 Å². The number of hydrogen-bond acceptors (Lipinski definition) is 2. The van der Waals surface area contributed by atoms with Gasteiger partial charge in [0.25, 0.3) is 0 Å². The number of nitrogens with one attached hydrogen (secondary N) is 1. The van der Waals surface area contributed by atoms with Crippen LogP contribution in [0.3, 0.4) is 0 Å². The molecule has 106 valence electrons. The first-order chi connectivity index (χ1) is 9.52. The maximum atomic E-state index is 5.91. The maximum Gasteiger partial charge on any atom is 0.193 e. The van der Waals surface area contributed by atoms with Crippen LogP contribution >= 0.6 is 27.3 Å². The van der Waals surface area contributed by atoms with Gasteiger partial charge >= 0.3 is 0 Å². The zero-order valence-electron chi connectivity index (χ0n) is 11.6. The van der Waals surface area contributed by atoms with Crippen LogP contribution in [0.15, 0.2) is 39.1 Å².